The van der Waals surface area contributed by atoms with Crippen LogP contribution in [0.25, 0.3) is 10.2 Å². The Hall–Kier alpha value is -2.88. The number of carbonyl (C=O) groups excluding carboxylic acids is 1. The van der Waals surface area contributed by atoms with Crippen LogP contribution in [0.5, 0.6) is 0 Å². The topological polar surface area (TPSA) is 90.0 Å². The van der Waals surface area contributed by atoms with E-state index in [2.05, 4.69) is 4.98 Å². The zero-order valence-corrected chi connectivity index (χ0v) is 16.6. The molecule has 9 heteroatoms. The minimum Gasteiger partial charge on any atom is -0.370 e. The van der Waals surface area contributed by atoms with Crippen molar-refractivity contribution in [3.8, 4) is 0 Å². The smallest absolute Gasteiger partial charge is 0.270 e. The highest BCUT2D eigenvalue weighted by Crippen LogP contribution is 2.29. The molecule has 2 aromatic carbocycles. The molecule has 1 fully saturated rings. The maximum atomic E-state index is 13.3. The third-order valence-corrected chi connectivity index (χ3v) is 6.01. The average Bonchev–Trinajstić information content (AvgIpc) is 3.18. The lowest BCUT2D eigenvalue weighted by atomic mass is 10.2. The molecule has 0 radical (unpaired) electrons. The number of hydrogen-bond donors (Lipinski definition) is 1. The van der Waals surface area contributed by atoms with Gasteiger partial charge in [-0.25, -0.2) is 4.98 Å². The molecule has 2 heterocycles. The van der Waals surface area contributed by atoms with E-state index in [4.69, 9.17) is 4.74 Å². The number of para-hydroxylation sites is 1. The van der Waals surface area contributed by atoms with Crippen molar-refractivity contribution in [2.45, 2.75) is 0 Å². The van der Waals surface area contributed by atoms with Crippen LogP contribution in [0.15, 0.2) is 48.5 Å². The summed E-state index contributed by atoms with van der Waals surface area (Å²) < 4.78 is 6.41. The van der Waals surface area contributed by atoms with Gasteiger partial charge in [-0.1, -0.05) is 29.5 Å². The first-order chi connectivity index (χ1) is 14.1. The van der Waals surface area contributed by atoms with Gasteiger partial charge in [0.1, 0.15) is 13.1 Å². The van der Waals surface area contributed by atoms with Crippen molar-refractivity contribution < 1.29 is 19.4 Å². The monoisotopic (exact) mass is 413 g/mol. The Morgan fingerprint density at radius 2 is 2.00 bits per heavy atom. The van der Waals surface area contributed by atoms with Crippen LogP contribution in [0.1, 0.15) is 10.4 Å². The van der Waals surface area contributed by atoms with Crippen molar-refractivity contribution >= 4 is 38.3 Å². The number of nitro benzene ring substituents is 1. The number of ether oxygens (including phenoxy) is 1. The summed E-state index contributed by atoms with van der Waals surface area (Å²) in [6.07, 6.45) is 0. The average molecular weight is 413 g/mol. The van der Waals surface area contributed by atoms with Crippen molar-refractivity contribution in [3.63, 3.8) is 0 Å². The van der Waals surface area contributed by atoms with Gasteiger partial charge in [0.15, 0.2) is 5.13 Å². The summed E-state index contributed by atoms with van der Waals surface area (Å²) in [5.74, 6) is -0.277. The van der Waals surface area contributed by atoms with Crippen molar-refractivity contribution in [1.82, 2.24) is 4.98 Å². The molecular weight excluding hydrogens is 392 g/mol. The Morgan fingerprint density at radius 1 is 1.21 bits per heavy atom. The fraction of sp³-hybridized carbons (Fsp3) is 0.300. The molecule has 8 nitrogen and oxygen atoms in total. The van der Waals surface area contributed by atoms with Crippen LogP contribution in [-0.4, -0.2) is 55.2 Å². The Labute approximate surface area is 171 Å². The van der Waals surface area contributed by atoms with Crippen LogP contribution in [-0.2, 0) is 4.74 Å². The summed E-state index contributed by atoms with van der Waals surface area (Å²) >= 11 is 1.45. The Balaban J connectivity index is 1.64. The number of fused-ring (bicyclic) bond motifs is 1. The molecule has 0 saturated carbocycles. The number of rotatable bonds is 6. The molecule has 1 saturated heterocycles. The zero-order chi connectivity index (χ0) is 20.2. The quantitative estimate of drug-likeness (QED) is 0.491. The van der Waals surface area contributed by atoms with Gasteiger partial charge in [-0.15, -0.1) is 0 Å². The third kappa shape index (κ3) is 4.42. The summed E-state index contributed by atoms with van der Waals surface area (Å²) in [6, 6.07) is 13.6. The summed E-state index contributed by atoms with van der Waals surface area (Å²) in [4.78, 5) is 31.6. The predicted molar refractivity (Wildman–Crippen MR) is 111 cm³/mol. The van der Waals surface area contributed by atoms with E-state index in [1.165, 1.54) is 34.4 Å². The molecule has 1 aliphatic rings. The van der Waals surface area contributed by atoms with E-state index in [0.29, 0.717) is 11.7 Å². The minimum absolute atomic E-state index is 0.0982. The van der Waals surface area contributed by atoms with Crippen LogP contribution in [0.4, 0.5) is 10.8 Å². The molecule has 29 heavy (non-hydrogen) atoms. The number of thiazole rings is 1. The number of non-ortho nitro benzene ring substituents is 1. The number of benzene rings is 2. The maximum Gasteiger partial charge on any atom is 0.270 e. The molecule has 0 atom stereocenters. The maximum absolute atomic E-state index is 13.3. The lowest BCUT2D eigenvalue weighted by Crippen LogP contribution is -3.14. The molecule has 3 aromatic rings. The number of hydrogen-bond acceptors (Lipinski definition) is 6. The Bertz CT molecular complexity index is 999. The lowest BCUT2D eigenvalue weighted by molar-refractivity contribution is -0.906. The van der Waals surface area contributed by atoms with Gasteiger partial charge in [0.2, 0.25) is 0 Å². The van der Waals surface area contributed by atoms with E-state index in [9.17, 15) is 14.9 Å². The molecule has 0 unspecified atom stereocenters. The van der Waals surface area contributed by atoms with E-state index in [1.54, 1.807) is 11.0 Å². The number of nitrogens with one attached hydrogen (secondary N) is 1. The molecule has 0 spiro atoms. The van der Waals surface area contributed by atoms with Gasteiger partial charge in [-0.3, -0.25) is 19.8 Å². The standard InChI is InChI=1S/C20H20N4O4S/c25-19(15-4-3-5-16(14-15)24(26)27)23(9-8-22-10-12-28-13-11-22)20-21-17-6-1-2-7-18(17)29-20/h1-7,14H,8-13H2/p+1. The molecule has 1 aliphatic heterocycles. The molecule has 1 N–H and O–H groups in total. The second-order valence-electron chi connectivity index (χ2n) is 6.84. The van der Waals surface area contributed by atoms with E-state index in [-0.39, 0.29) is 17.2 Å². The fourth-order valence-electron chi connectivity index (χ4n) is 3.35. The van der Waals surface area contributed by atoms with E-state index < -0.39 is 4.92 Å². The first kappa shape index (κ1) is 19.4. The molecule has 0 bridgehead atoms. The van der Waals surface area contributed by atoms with Crippen molar-refractivity contribution in [2.24, 2.45) is 0 Å². The number of nitrogens with zero attached hydrogens (tertiary/aromatic N) is 3. The van der Waals surface area contributed by atoms with Gasteiger partial charge in [-0.2, -0.15) is 0 Å². The second-order valence-corrected chi connectivity index (χ2v) is 7.85. The Morgan fingerprint density at radius 3 is 2.76 bits per heavy atom. The number of anilines is 1. The third-order valence-electron chi connectivity index (χ3n) is 4.95. The molecule has 0 aliphatic carbocycles. The van der Waals surface area contributed by atoms with Crippen LogP contribution >= 0.6 is 11.3 Å². The van der Waals surface area contributed by atoms with E-state index >= 15 is 0 Å². The molecule has 1 amide bonds. The highest BCUT2D eigenvalue weighted by molar-refractivity contribution is 7.22. The number of quaternary nitrogens is 1. The number of nitro groups is 1. The van der Waals surface area contributed by atoms with Gasteiger partial charge in [0.05, 0.1) is 41.4 Å². The number of amides is 1. The summed E-state index contributed by atoms with van der Waals surface area (Å²) in [6.45, 7) is 4.48. The van der Waals surface area contributed by atoms with E-state index in [1.807, 2.05) is 24.3 Å². The first-order valence-corrected chi connectivity index (χ1v) is 10.3. The zero-order valence-electron chi connectivity index (χ0n) is 15.7. The second kappa shape index (κ2) is 8.64. The minimum atomic E-state index is -0.489. The Kier molecular flexibility index (Phi) is 5.79. The van der Waals surface area contributed by atoms with Crippen LogP contribution in [0, 0.1) is 10.1 Å². The largest absolute Gasteiger partial charge is 0.370 e. The normalized spacial score (nSPS) is 14.8. The molecule has 1 aromatic heterocycles. The highest BCUT2D eigenvalue weighted by atomic mass is 32.1. The van der Waals surface area contributed by atoms with Gasteiger partial charge in [0.25, 0.3) is 11.6 Å². The van der Waals surface area contributed by atoms with Crippen molar-refractivity contribution in [1.29, 1.82) is 0 Å². The summed E-state index contributed by atoms with van der Waals surface area (Å²) in [7, 11) is 0. The fourth-order valence-corrected chi connectivity index (χ4v) is 4.34. The van der Waals surface area contributed by atoms with Gasteiger partial charge in [0, 0.05) is 17.7 Å². The highest BCUT2D eigenvalue weighted by Gasteiger charge is 2.25. The molecular formula is C20H21N4O4S+. The van der Waals surface area contributed by atoms with Crippen molar-refractivity contribution in [2.75, 3.05) is 44.3 Å². The number of aromatic nitrogens is 1. The number of morpholine rings is 1. The lowest BCUT2D eigenvalue weighted by Gasteiger charge is -2.26. The molecule has 4 rings (SSSR count). The van der Waals surface area contributed by atoms with Gasteiger partial charge >= 0.3 is 0 Å². The van der Waals surface area contributed by atoms with Crippen molar-refractivity contribution in [3.05, 3.63) is 64.2 Å². The van der Waals surface area contributed by atoms with Crippen LogP contribution < -0.4 is 9.80 Å². The molecule has 150 valence electrons. The summed E-state index contributed by atoms with van der Waals surface area (Å²) in [5, 5.41) is 11.7. The van der Waals surface area contributed by atoms with Gasteiger partial charge < -0.3 is 9.64 Å². The SMILES string of the molecule is O=C(c1cccc([N+](=O)[O-])c1)N(CC[NH+]1CCOCC1)c1nc2ccccc2s1. The van der Waals surface area contributed by atoms with Gasteiger partial charge in [-0.05, 0) is 18.2 Å². The van der Waals surface area contributed by atoms with Crippen LogP contribution in [0.3, 0.4) is 0 Å². The van der Waals surface area contributed by atoms with E-state index in [0.717, 1.165) is 43.1 Å². The number of carbonyl (C=O) groups is 1. The van der Waals surface area contributed by atoms with Crippen LogP contribution in [0.2, 0.25) is 0 Å². The first-order valence-electron chi connectivity index (χ1n) is 9.45. The summed E-state index contributed by atoms with van der Waals surface area (Å²) in [5.41, 5.74) is 1.03. The predicted octanol–water partition coefficient (Wildman–Crippen LogP) is 1.77.